The molecule has 2 heterocycles. The summed E-state index contributed by atoms with van der Waals surface area (Å²) >= 11 is 12.0. The number of carbonyl (C=O) groups excluding carboxylic acids is 2. The van der Waals surface area contributed by atoms with E-state index in [4.69, 9.17) is 32.4 Å². The van der Waals surface area contributed by atoms with E-state index in [0.717, 1.165) is 0 Å². The van der Waals surface area contributed by atoms with Gasteiger partial charge in [-0.05, 0) is 85.3 Å². The second kappa shape index (κ2) is 12.8. The average molecular weight is 656 g/mol. The van der Waals surface area contributed by atoms with Gasteiger partial charge in [0, 0.05) is 34.1 Å². The highest BCUT2D eigenvalue weighted by Gasteiger charge is 2.38. The number of benzene rings is 3. The summed E-state index contributed by atoms with van der Waals surface area (Å²) in [6.07, 6.45) is 1.44. The van der Waals surface area contributed by atoms with Crippen LogP contribution in [0.1, 0.15) is 24.0 Å². The minimum Gasteiger partial charge on any atom is -0.465 e. The van der Waals surface area contributed by atoms with Gasteiger partial charge in [0.05, 0.1) is 24.2 Å². The molecule has 0 atom stereocenters. The van der Waals surface area contributed by atoms with E-state index in [2.05, 4.69) is 0 Å². The Labute approximate surface area is 263 Å². The maximum absolute atomic E-state index is 13.7. The van der Waals surface area contributed by atoms with Gasteiger partial charge in [0.2, 0.25) is 15.8 Å². The molecule has 0 N–H and O–H groups in total. The number of Topliss-reactive ketones (excluding diaryl/α,β-unsaturated/α-hetero) is 1. The molecule has 12 heteroatoms. The first-order valence-electron chi connectivity index (χ1n) is 13.2. The van der Waals surface area contributed by atoms with Crippen molar-refractivity contribution in [3.63, 3.8) is 0 Å². The van der Waals surface area contributed by atoms with Gasteiger partial charge >= 0.3 is 5.97 Å². The molecule has 3 aromatic carbocycles. The summed E-state index contributed by atoms with van der Waals surface area (Å²) < 4.78 is 53.2. The van der Waals surface area contributed by atoms with E-state index in [1.807, 2.05) is 0 Å². The van der Waals surface area contributed by atoms with Crippen molar-refractivity contribution in [1.82, 2.24) is 4.31 Å². The highest BCUT2D eigenvalue weighted by molar-refractivity contribution is 7.89. The Bertz CT molecular complexity index is 1880. The van der Waals surface area contributed by atoms with Crippen molar-refractivity contribution in [1.29, 1.82) is 0 Å². The van der Waals surface area contributed by atoms with Crippen LogP contribution in [0.2, 0.25) is 10.0 Å². The molecule has 4 aromatic rings. The van der Waals surface area contributed by atoms with E-state index in [0.29, 0.717) is 32.8 Å². The first-order valence-corrected chi connectivity index (χ1v) is 15.4. The molecule has 1 aromatic heterocycles. The van der Waals surface area contributed by atoms with Gasteiger partial charge in [0.25, 0.3) is 0 Å². The summed E-state index contributed by atoms with van der Waals surface area (Å²) in [5, 5.41) is 0.911. The minimum atomic E-state index is -4.01. The van der Waals surface area contributed by atoms with Crippen LogP contribution in [-0.2, 0) is 37.4 Å². The molecular weight excluding hydrogens is 630 g/mol. The second-order valence-electron chi connectivity index (χ2n) is 9.78. The highest BCUT2D eigenvalue weighted by atomic mass is 35.5. The van der Waals surface area contributed by atoms with Gasteiger partial charge in [-0.15, -0.1) is 0 Å². The third kappa shape index (κ3) is 6.48. The molecule has 0 bridgehead atoms. The number of ketones is 1. The lowest BCUT2D eigenvalue weighted by Gasteiger charge is -2.22. The summed E-state index contributed by atoms with van der Waals surface area (Å²) in [4.78, 5) is 27.4. The number of hydrogen-bond donors (Lipinski definition) is 0. The number of methoxy groups -OCH3 is 1. The molecular formula is C32H25Cl2FN2O6S. The third-order valence-electron chi connectivity index (χ3n) is 6.89. The zero-order chi connectivity index (χ0) is 31.6. The Kier molecular flexibility index (Phi) is 9.07. The molecule has 1 aliphatic heterocycles. The van der Waals surface area contributed by atoms with Crippen LogP contribution >= 0.6 is 23.2 Å². The summed E-state index contributed by atoms with van der Waals surface area (Å²) in [5.74, 6) is -1.36. The van der Waals surface area contributed by atoms with Crippen molar-refractivity contribution in [2.24, 2.45) is 0 Å². The Balaban J connectivity index is 1.49. The number of ether oxygens (including phenoxy) is 1. The van der Waals surface area contributed by atoms with Crippen molar-refractivity contribution >= 4 is 56.7 Å². The Hall–Kier alpha value is -4.22. The highest BCUT2D eigenvalue weighted by Crippen LogP contribution is 2.36. The lowest BCUT2D eigenvalue weighted by Crippen LogP contribution is -2.30. The molecule has 0 amide bonds. The van der Waals surface area contributed by atoms with Crippen LogP contribution in [0.25, 0.3) is 6.08 Å². The fourth-order valence-electron chi connectivity index (χ4n) is 4.72. The lowest BCUT2D eigenvalue weighted by molar-refractivity contribution is -0.137. The number of nitrogens with zero attached hydrogens (tertiary/aromatic N) is 2. The summed E-state index contributed by atoms with van der Waals surface area (Å²) in [7, 11) is -2.83. The SMILES string of the molecule is COC(=O)C1=C(C)N(c2ccc(F)cc2)/C(=C/c2ccc(CN(Cc3ccc(Cl)cc3)S(=O)(=O)c3ccc(Cl)cc3)o2)C1=O. The predicted molar refractivity (Wildman–Crippen MR) is 165 cm³/mol. The summed E-state index contributed by atoms with van der Waals surface area (Å²) in [6, 6.07) is 21.3. The molecule has 0 spiro atoms. The normalized spacial score (nSPS) is 14.6. The maximum Gasteiger partial charge on any atom is 0.343 e. The van der Waals surface area contributed by atoms with E-state index in [1.165, 1.54) is 70.9 Å². The molecule has 1 aliphatic rings. The van der Waals surface area contributed by atoms with Crippen molar-refractivity contribution in [2.45, 2.75) is 24.9 Å². The number of carbonyl (C=O) groups is 2. The van der Waals surface area contributed by atoms with Crippen LogP contribution in [0.4, 0.5) is 10.1 Å². The Morgan fingerprint density at radius 2 is 1.55 bits per heavy atom. The van der Waals surface area contributed by atoms with Gasteiger partial charge in [-0.2, -0.15) is 4.31 Å². The Morgan fingerprint density at radius 1 is 0.932 bits per heavy atom. The quantitative estimate of drug-likeness (QED) is 0.109. The molecule has 44 heavy (non-hydrogen) atoms. The van der Waals surface area contributed by atoms with Crippen LogP contribution in [0.15, 0.2) is 111 Å². The van der Waals surface area contributed by atoms with Gasteiger partial charge in [-0.1, -0.05) is 35.3 Å². The second-order valence-corrected chi connectivity index (χ2v) is 12.6. The average Bonchev–Trinajstić information content (AvgIpc) is 3.54. The van der Waals surface area contributed by atoms with Crippen LogP contribution in [0.3, 0.4) is 0 Å². The number of anilines is 1. The number of halogens is 3. The number of esters is 1. The zero-order valence-electron chi connectivity index (χ0n) is 23.5. The van der Waals surface area contributed by atoms with Gasteiger partial charge in [0.15, 0.2) is 0 Å². The van der Waals surface area contributed by atoms with Crippen LogP contribution in [0, 0.1) is 5.82 Å². The van der Waals surface area contributed by atoms with Crippen LogP contribution in [0.5, 0.6) is 0 Å². The monoisotopic (exact) mass is 654 g/mol. The van der Waals surface area contributed by atoms with Crippen molar-refractivity contribution in [3.05, 3.63) is 135 Å². The molecule has 0 saturated heterocycles. The van der Waals surface area contributed by atoms with E-state index in [9.17, 15) is 22.4 Å². The first-order chi connectivity index (χ1) is 21.0. The minimum absolute atomic E-state index is 0.0156. The van der Waals surface area contributed by atoms with Crippen LogP contribution in [-0.4, -0.2) is 31.6 Å². The third-order valence-corrected chi connectivity index (χ3v) is 9.20. The van der Waals surface area contributed by atoms with E-state index in [1.54, 1.807) is 43.3 Å². The summed E-state index contributed by atoms with van der Waals surface area (Å²) in [6.45, 7) is 1.46. The van der Waals surface area contributed by atoms with E-state index >= 15 is 0 Å². The van der Waals surface area contributed by atoms with E-state index in [-0.39, 0.29) is 35.0 Å². The number of hydrogen-bond acceptors (Lipinski definition) is 7. The lowest BCUT2D eigenvalue weighted by atomic mass is 10.1. The first kappa shape index (κ1) is 31.2. The van der Waals surface area contributed by atoms with Gasteiger partial charge in [0.1, 0.15) is 22.9 Å². The maximum atomic E-state index is 13.7. The molecule has 226 valence electrons. The molecule has 0 saturated carbocycles. The largest absolute Gasteiger partial charge is 0.465 e. The van der Waals surface area contributed by atoms with Crippen molar-refractivity contribution in [3.8, 4) is 0 Å². The van der Waals surface area contributed by atoms with E-state index < -0.39 is 27.6 Å². The number of rotatable bonds is 9. The zero-order valence-corrected chi connectivity index (χ0v) is 25.8. The van der Waals surface area contributed by atoms with Crippen molar-refractivity contribution in [2.75, 3.05) is 12.0 Å². The summed E-state index contributed by atoms with van der Waals surface area (Å²) in [5.41, 5.74) is 1.34. The standard InChI is InChI=1S/C32H25Cl2FN2O6S/c1-20-30(32(39)42-2)31(38)29(37(20)25-11-9-24(35)10-12-25)17-26-13-14-27(43-26)19-36(18-21-3-5-22(33)6-4-21)44(40,41)28-15-7-23(34)8-16-28/h3-17H,18-19H2,1-2H3/b29-17+. The van der Waals surface area contributed by atoms with Gasteiger partial charge < -0.3 is 14.1 Å². The molecule has 0 fully saturated rings. The molecule has 0 aliphatic carbocycles. The fourth-order valence-corrected chi connectivity index (χ4v) is 6.37. The van der Waals surface area contributed by atoms with Gasteiger partial charge in [-0.25, -0.2) is 17.6 Å². The molecule has 8 nitrogen and oxygen atoms in total. The fraction of sp³-hybridized carbons (Fsp3) is 0.125. The molecule has 5 rings (SSSR count). The number of sulfonamides is 1. The smallest absolute Gasteiger partial charge is 0.343 e. The van der Waals surface area contributed by atoms with Gasteiger partial charge in [-0.3, -0.25) is 4.79 Å². The molecule has 0 unspecified atom stereocenters. The number of allylic oxidation sites excluding steroid dienone is 2. The topological polar surface area (TPSA) is 97.1 Å². The van der Waals surface area contributed by atoms with Crippen LogP contribution < -0.4 is 4.90 Å². The number of furan rings is 1. The van der Waals surface area contributed by atoms with Crippen molar-refractivity contribution < 1.29 is 31.6 Å². The Morgan fingerprint density at radius 3 is 2.16 bits per heavy atom. The predicted octanol–water partition coefficient (Wildman–Crippen LogP) is 6.99. The molecule has 0 radical (unpaired) electrons.